The van der Waals surface area contributed by atoms with Gasteiger partial charge < -0.3 is 14.8 Å². The van der Waals surface area contributed by atoms with Crippen LogP contribution in [0.25, 0.3) is 0 Å². The predicted molar refractivity (Wildman–Crippen MR) is 110 cm³/mol. The van der Waals surface area contributed by atoms with E-state index < -0.39 is 10.0 Å². The lowest BCUT2D eigenvalue weighted by Gasteiger charge is -2.13. The van der Waals surface area contributed by atoms with Crippen LogP contribution < -0.4 is 19.9 Å². The third-order valence-electron chi connectivity index (χ3n) is 4.01. The molecule has 3 N–H and O–H groups in total. The molecule has 3 aromatic rings. The number of benzene rings is 3. The Kier molecular flexibility index (Phi) is 6.16. The molecule has 0 aliphatic carbocycles. The zero-order chi connectivity index (χ0) is 20.9. The topological polar surface area (TPSA) is 108 Å². The largest absolute Gasteiger partial charge is 0.497 e. The second-order valence-corrected chi connectivity index (χ2v) is 7.73. The van der Waals surface area contributed by atoms with Crippen molar-refractivity contribution in [3.05, 3.63) is 78.4 Å². The normalized spacial score (nSPS) is 11.0. The van der Waals surface area contributed by atoms with Crippen LogP contribution in [0.15, 0.2) is 77.7 Å². The Balaban J connectivity index is 1.83. The van der Waals surface area contributed by atoms with Crippen molar-refractivity contribution in [3.8, 4) is 17.2 Å². The molecule has 29 heavy (non-hydrogen) atoms. The number of hydrogen-bond donors (Lipinski definition) is 2. The van der Waals surface area contributed by atoms with Crippen LogP contribution in [0.5, 0.6) is 17.2 Å². The van der Waals surface area contributed by atoms with Gasteiger partial charge in [-0.15, -0.1) is 0 Å². The summed E-state index contributed by atoms with van der Waals surface area (Å²) in [5.74, 6) is 0.708. The molecular formula is C21H20N2O5S. The van der Waals surface area contributed by atoms with Gasteiger partial charge in [-0.1, -0.05) is 36.4 Å². The SMILES string of the molecule is COc1cccc(Oc2ccc(NC(=O)Cc3ccccc3)cc2S(N)(=O)=O)c1. The number of amides is 1. The van der Waals surface area contributed by atoms with Crippen molar-refractivity contribution in [1.82, 2.24) is 0 Å². The number of carbonyl (C=O) groups excluding carboxylic acids is 1. The van der Waals surface area contributed by atoms with Crippen LogP contribution in [0.3, 0.4) is 0 Å². The van der Waals surface area contributed by atoms with E-state index in [2.05, 4.69) is 5.32 Å². The maximum Gasteiger partial charge on any atom is 0.241 e. The number of carbonyl (C=O) groups is 1. The fourth-order valence-electron chi connectivity index (χ4n) is 2.67. The zero-order valence-electron chi connectivity index (χ0n) is 15.7. The van der Waals surface area contributed by atoms with E-state index in [1.54, 1.807) is 30.3 Å². The van der Waals surface area contributed by atoms with E-state index in [0.29, 0.717) is 17.2 Å². The molecule has 3 rings (SSSR count). The summed E-state index contributed by atoms with van der Waals surface area (Å²) in [4.78, 5) is 12.0. The van der Waals surface area contributed by atoms with Gasteiger partial charge in [0.05, 0.1) is 13.5 Å². The monoisotopic (exact) mass is 412 g/mol. The molecule has 0 atom stereocenters. The third-order valence-corrected chi connectivity index (χ3v) is 4.94. The van der Waals surface area contributed by atoms with Gasteiger partial charge in [0, 0.05) is 11.8 Å². The molecule has 0 spiro atoms. The van der Waals surface area contributed by atoms with E-state index in [-0.39, 0.29) is 23.0 Å². The fourth-order valence-corrected chi connectivity index (χ4v) is 3.35. The van der Waals surface area contributed by atoms with Gasteiger partial charge in [0.15, 0.2) is 0 Å². The summed E-state index contributed by atoms with van der Waals surface area (Å²) in [5.41, 5.74) is 1.14. The van der Waals surface area contributed by atoms with Crippen LogP contribution in [-0.4, -0.2) is 21.4 Å². The smallest absolute Gasteiger partial charge is 0.241 e. The van der Waals surface area contributed by atoms with E-state index in [4.69, 9.17) is 14.6 Å². The van der Waals surface area contributed by atoms with Gasteiger partial charge in [0.2, 0.25) is 15.9 Å². The number of rotatable bonds is 7. The summed E-state index contributed by atoms with van der Waals surface area (Å²) in [6.07, 6.45) is 0.160. The van der Waals surface area contributed by atoms with Crippen molar-refractivity contribution in [2.24, 2.45) is 5.14 Å². The van der Waals surface area contributed by atoms with Gasteiger partial charge in [-0.05, 0) is 35.9 Å². The summed E-state index contributed by atoms with van der Waals surface area (Å²) in [6.45, 7) is 0. The molecule has 0 radical (unpaired) electrons. The molecule has 0 saturated carbocycles. The zero-order valence-corrected chi connectivity index (χ0v) is 16.5. The number of sulfonamides is 1. The molecule has 0 saturated heterocycles. The molecule has 3 aromatic carbocycles. The Hall–Kier alpha value is -3.36. The van der Waals surface area contributed by atoms with Crippen LogP contribution >= 0.6 is 0 Å². The fraction of sp³-hybridized carbons (Fsp3) is 0.0952. The first-order valence-corrected chi connectivity index (χ1v) is 10.2. The Morgan fingerprint density at radius 2 is 1.69 bits per heavy atom. The van der Waals surface area contributed by atoms with Crippen LogP contribution in [0.4, 0.5) is 5.69 Å². The molecule has 0 fully saturated rings. The minimum Gasteiger partial charge on any atom is -0.497 e. The van der Waals surface area contributed by atoms with Gasteiger partial charge in [0.1, 0.15) is 22.1 Å². The van der Waals surface area contributed by atoms with Gasteiger partial charge in [-0.25, -0.2) is 13.6 Å². The number of hydrogen-bond acceptors (Lipinski definition) is 5. The van der Waals surface area contributed by atoms with E-state index in [1.807, 2.05) is 30.3 Å². The number of nitrogens with two attached hydrogens (primary N) is 1. The molecule has 0 bridgehead atoms. The van der Waals surface area contributed by atoms with E-state index in [1.165, 1.54) is 19.2 Å². The quantitative estimate of drug-likeness (QED) is 0.619. The number of primary sulfonamides is 1. The number of methoxy groups -OCH3 is 1. The van der Waals surface area contributed by atoms with Crippen LogP contribution in [0.1, 0.15) is 5.56 Å². The van der Waals surface area contributed by atoms with E-state index in [0.717, 1.165) is 5.56 Å². The summed E-state index contributed by atoms with van der Waals surface area (Å²) in [5, 5.41) is 8.02. The van der Waals surface area contributed by atoms with Crippen LogP contribution in [0.2, 0.25) is 0 Å². The van der Waals surface area contributed by atoms with Gasteiger partial charge in [-0.3, -0.25) is 4.79 Å². The third kappa shape index (κ3) is 5.56. The average Bonchev–Trinajstić information content (AvgIpc) is 2.69. The number of ether oxygens (including phenoxy) is 2. The van der Waals surface area contributed by atoms with E-state index in [9.17, 15) is 13.2 Å². The van der Waals surface area contributed by atoms with Gasteiger partial charge >= 0.3 is 0 Å². The molecule has 0 aliphatic rings. The summed E-state index contributed by atoms with van der Waals surface area (Å²) in [7, 11) is -2.58. The van der Waals surface area contributed by atoms with Crippen molar-refractivity contribution in [2.75, 3.05) is 12.4 Å². The maximum absolute atomic E-state index is 12.3. The first-order chi connectivity index (χ1) is 13.8. The highest BCUT2D eigenvalue weighted by atomic mass is 32.2. The molecule has 0 heterocycles. The first-order valence-electron chi connectivity index (χ1n) is 8.68. The second-order valence-electron chi connectivity index (χ2n) is 6.20. The van der Waals surface area contributed by atoms with Crippen molar-refractivity contribution in [3.63, 3.8) is 0 Å². The Morgan fingerprint density at radius 3 is 2.38 bits per heavy atom. The molecule has 7 nitrogen and oxygen atoms in total. The summed E-state index contributed by atoms with van der Waals surface area (Å²) in [6, 6.07) is 20.2. The average molecular weight is 412 g/mol. The van der Waals surface area contributed by atoms with Crippen molar-refractivity contribution in [2.45, 2.75) is 11.3 Å². The molecule has 0 unspecified atom stereocenters. The summed E-state index contributed by atoms with van der Waals surface area (Å²) < 4.78 is 34.9. The molecular weight excluding hydrogens is 392 g/mol. The lowest BCUT2D eigenvalue weighted by Crippen LogP contribution is -2.17. The number of nitrogens with one attached hydrogen (secondary N) is 1. The Bertz CT molecular complexity index is 1110. The van der Waals surface area contributed by atoms with Crippen LogP contribution in [0, 0.1) is 0 Å². The summed E-state index contributed by atoms with van der Waals surface area (Å²) >= 11 is 0. The van der Waals surface area contributed by atoms with Gasteiger partial charge in [0.25, 0.3) is 0 Å². The molecule has 1 amide bonds. The maximum atomic E-state index is 12.3. The minimum atomic E-state index is -4.09. The van der Waals surface area contributed by atoms with Crippen molar-refractivity contribution in [1.29, 1.82) is 0 Å². The highest BCUT2D eigenvalue weighted by Crippen LogP contribution is 2.32. The Labute approximate surface area is 169 Å². The molecule has 8 heteroatoms. The lowest BCUT2D eigenvalue weighted by atomic mass is 10.1. The minimum absolute atomic E-state index is 0.0433. The Morgan fingerprint density at radius 1 is 0.966 bits per heavy atom. The first kappa shape index (κ1) is 20.4. The van der Waals surface area contributed by atoms with Gasteiger partial charge in [-0.2, -0.15) is 0 Å². The van der Waals surface area contributed by atoms with Crippen molar-refractivity contribution < 1.29 is 22.7 Å². The molecule has 0 aromatic heterocycles. The van der Waals surface area contributed by atoms with E-state index >= 15 is 0 Å². The predicted octanol–water partition coefficient (Wildman–Crippen LogP) is 3.32. The molecule has 150 valence electrons. The lowest BCUT2D eigenvalue weighted by molar-refractivity contribution is -0.115. The standard InChI is InChI=1S/C21H20N2O5S/c1-27-17-8-5-9-18(14-17)28-19-11-10-16(13-20(19)29(22,25)26)23-21(24)12-15-6-3-2-4-7-15/h2-11,13-14H,12H2,1H3,(H,23,24)(H2,22,25,26). The highest BCUT2D eigenvalue weighted by Gasteiger charge is 2.18. The number of anilines is 1. The second kappa shape index (κ2) is 8.76. The highest BCUT2D eigenvalue weighted by molar-refractivity contribution is 7.89. The molecule has 0 aliphatic heterocycles. The van der Waals surface area contributed by atoms with Crippen molar-refractivity contribution >= 4 is 21.6 Å². The van der Waals surface area contributed by atoms with Crippen LogP contribution in [-0.2, 0) is 21.2 Å².